The van der Waals surface area contributed by atoms with Gasteiger partial charge in [0.25, 0.3) is 0 Å². The predicted octanol–water partition coefficient (Wildman–Crippen LogP) is 1.71. The highest BCUT2D eigenvalue weighted by atomic mass is 16.4. The summed E-state index contributed by atoms with van der Waals surface area (Å²) in [4.78, 5) is 30.4. The number of rotatable bonds is 5. The molecule has 104 valence electrons. The largest absolute Gasteiger partial charge is 0.481 e. The fourth-order valence-corrected chi connectivity index (χ4v) is 0.923. The lowest BCUT2D eigenvalue weighted by atomic mass is 9.97. The van der Waals surface area contributed by atoms with Crippen LogP contribution < -0.4 is 0 Å². The Morgan fingerprint density at radius 3 is 1.22 bits per heavy atom. The molecule has 0 bridgehead atoms. The van der Waals surface area contributed by atoms with Crippen molar-refractivity contribution in [3.63, 3.8) is 0 Å². The third-order valence-electron chi connectivity index (χ3n) is 2.17. The summed E-state index contributed by atoms with van der Waals surface area (Å²) in [5, 5.41) is 24.9. The van der Waals surface area contributed by atoms with Gasteiger partial charge in [0, 0.05) is 5.57 Å². The maximum atomic E-state index is 10.2. The standard InChI is InChI=1S/C6H10O4.C6H10O2/c1-3(2)4(5(7)8)6(9)10;1-4(2)5(3)6(7)8/h3-4H,1-2H3,(H,7,8)(H,9,10);4H,3H2,1-2H3,(H,7,8). The van der Waals surface area contributed by atoms with Gasteiger partial charge in [0.15, 0.2) is 5.92 Å². The SMILES string of the molecule is C=C(C(=O)O)C(C)C.CC(C)C(C(=O)O)C(=O)O. The van der Waals surface area contributed by atoms with Crippen molar-refractivity contribution < 1.29 is 29.7 Å². The number of carboxylic acids is 3. The van der Waals surface area contributed by atoms with E-state index in [1.807, 2.05) is 0 Å². The fraction of sp³-hybridized carbons (Fsp3) is 0.583. The van der Waals surface area contributed by atoms with E-state index in [1.54, 1.807) is 27.7 Å². The summed E-state index contributed by atoms with van der Waals surface area (Å²) in [5.74, 6) is -5.05. The van der Waals surface area contributed by atoms with Gasteiger partial charge in [-0.1, -0.05) is 34.3 Å². The summed E-state index contributed by atoms with van der Waals surface area (Å²) >= 11 is 0. The summed E-state index contributed by atoms with van der Waals surface area (Å²) in [7, 11) is 0. The van der Waals surface area contributed by atoms with Gasteiger partial charge in [-0.25, -0.2) is 4.79 Å². The van der Waals surface area contributed by atoms with E-state index in [4.69, 9.17) is 15.3 Å². The van der Waals surface area contributed by atoms with Gasteiger partial charge in [0.05, 0.1) is 0 Å². The third-order valence-corrected chi connectivity index (χ3v) is 2.17. The number of carboxylic acid groups (broad SMARTS) is 3. The highest BCUT2D eigenvalue weighted by Crippen LogP contribution is 2.10. The van der Waals surface area contributed by atoms with Crippen LogP contribution in [0, 0.1) is 17.8 Å². The van der Waals surface area contributed by atoms with E-state index in [0.29, 0.717) is 0 Å². The molecule has 0 spiro atoms. The lowest BCUT2D eigenvalue weighted by Crippen LogP contribution is -2.28. The molecule has 0 aromatic carbocycles. The van der Waals surface area contributed by atoms with Crippen LogP contribution in [0.4, 0.5) is 0 Å². The highest BCUT2D eigenvalue weighted by molar-refractivity contribution is 5.93. The Bertz CT molecular complexity index is 315. The van der Waals surface area contributed by atoms with E-state index in [2.05, 4.69) is 6.58 Å². The molecular formula is C12H20O6. The minimum atomic E-state index is -1.28. The summed E-state index contributed by atoms with van der Waals surface area (Å²) in [5.41, 5.74) is 0.269. The second-order valence-electron chi connectivity index (χ2n) is 4.38. The van der Waals surface area contributed by atoms with Gasteiger partial charge in [-0.3, -0.25) is 9.59 Å². The molecule has 0 rings (SSSR count). The first-order chi connectivity index (χ1) is 8.02. The molecule has 6 heteroatoms. The summed E-state index contributed by atoms with van der Waals surface area (Å²) in [6.07, 6.45) is 0. The van der Waals surface area contributed by atoms with E-state index >= 15 is 0 Å². The Morgan fingerprint density at radius 1 is 0.889 bits per heavy atom. The molecule has 0 atom stereocenters. The van der Waals surface area contributed by atoms with E-state index in [1.165, 1.54) is 0 Å². The molecule has 18 heavy (non-hydrogen) atoms. The normalized spacial score (nSPS) is 9.94. The van der Waals surface area contributed by atoms with Crippen LogP contribution in [-0.4, -0.2) is 33.2 Å². The van der Waals surface area contributed by atoms with Crippen LogP contribution in [0.15, 0.2) is 12.2 Å². The molecule has 0 amide bonds. The lowest BCUT2D eigenvalue weighted by Gasteiger charge is -2.09. The monoisotopic (exact) mass is 260 g/mol. The summed E-state index contributed by atoms with van der Waals surface area (Å²) < 4.78 is 0. The van der Waals surface area contributed by atoms with Crippen LogP contribution in [0.3, 0.4) is 0 Å². The van der Waals surface area contributed by atoms with Crippen LogP contribution in [0.5, 0.6) is 0 Å². The molecule has 6 nitrogen and oxygen atoms in total. The zero-order valence-corrected chi connectivity index (χ0v) is 11.0. The van der Waals surface area contributed by atoms with Crippen molar-refractivity contribution in [2.75, 3.05) is 0 Å². The van der Waals surface area contributed by atoms with E-state index in [9.17, 15) is 14.4 Å². The van der Waals surface area contributed by atoms with Crippen molar-refractivity contribution in [1.29, 1.82) is 0 Å². The minimum Gasteiger partial charge on any atom is -0.481 e. The van der Waals surface area contributed by atoms with Crippen molar-refractivity contribution in [3.05, 3.63) is 12.2 Å². The van der Waals surface area contributed by atoms with Gasteiger partial charge < -0.3 is 15.3 Å². The Balaban J connectivity index is 0. The number of aliphatic carboxylic acids is 3. The minimum absolute atomic E-state index is 0.0486. The van der Waals surface area contributed by atoms with Gasteiger partial charge in [-0.2, -0.15) is 0 Å². The van der Waals surface area contributed by atoms with Crippen LogP contribution in [0.25, 0.3) is 0 Å². The maximum absolute atomic E-state index is 10.2. The third kappa shape index (κ3) is 7.43. The molecule has 0 saturated carbocycles. The zero-order chi connectivity index (χ0) is 15.0. The molecule has 0 aromatic rings. The second-order valence-corrected chi connectivity index (χ2v) is 4.38. The van der Waals surface area contributed by atoms with Crippen LogP contribution in [0.1, 0.15) is 27.7 Å². The molecule has 0 aromatic heterocycles. The van der Waals surface area contributed by atoms with Crippen molar-refractivity contribution in [2.45, 2.75) is 27.7 Å². The van der Waals surface area contributed by atoms with E-state index in [0.717, 1.165) is 0 Å². The fourth-order valence-electron chi connectivity index (χ4n) is 0.923. The van der Waals surface area contributed by atoms with Gasteiger partial charge in [0.1, 0.15) is 0 Å². The van der Waals surface area contributed by atoms with Crippen LogP contribution in [0.2, 0.25) is 0 Å². The molecule has 0 aliphatic carbocycles. The molecule has 0 unspecified atom stereocenters. The molecular weight excluding hydrogens is 240 g/mol. The number of carbonyl (C=O) groups is 3. The Hall–Kier alpha value is -1.85. The first-order valence-electron chi connectivity index (χ1n) is 5.40. The first kappa shape index (κ1) is 18.5. The van der Waals surface area contributed by atoms with E-state index in [-0.39, 0.29) is 17.4 Å². The van der Waals surface area contributed by atoms with Crippen molar-refractivity contribution in [3.8, 4) is 0 Å². The Morgan fingerprint density at radius 2 is 1.22 bits per heavy atom. The predicted molar refractivity (Wildman–Crippen MR) is 65.2 cm³/mol. The van der Waals surface area contributed by atoms with Crippen molar-refractivity contribution in [1.82, 2.24) is 0 Å². The topological polar surface area (TPSA) is 112 Å². The molecule has 3 N–H and O–H groups in total. The summed E-state index contributed by atoms with van der Waals surface area (Å²) in [6, 6.07) is 0. The number of hydrogen-bond acceptors (Lipinski definition) is 3. The Kier molecular flexibility index (Phi) is 8.51. The van der Waals surface area contributed by atoms with Gasteiger partial charge >= 0.3 is 17.9 Å². The van der Waals surface area contributed by atoms with Gasteiger partial charge in [-0.15, -0.1) is 0 Å². The molecule has 0 aliphatic rings. The Labute approximate surface area is 106 Å². The first-order valence-corrected chi connectivity index (χ1v) is 5.40. The zero-order valence-electron chi connectivity index (χ0n) is 11.0. The van der Waals surface area contributed by atoms with E-state index < -0.39 is 23.8 Å². The molecule has 0 fully saturated rings. The van der Waals surface area contributed by atoms with Crippen LogP contribution >= 0.6 is 0 Å². The average Bonchev–Trinajstić information content (AvgIpc) is 2.14. The van der Waals surface area contributed by atoms with Gasteiger partial charge in [0.2, 0.25) is 0 Å². The highest BCUT2D eigenvalue weighted by Gasteiger charge is 2.28. The second kappa shape index (κ2) is 8.27. The summed E-state index contributed by atoms with van der Waals surface area (Å²) in [6.45, 7) is 10.1. The quantitative estimate of drug-likeness (QED) is 0.512. The molecule has 0 radical (unpaired) electrons. The van der Waals surface area contributed by atoms with Crippen molar-refractivity contribution >= 4 is 17.9 Å². The number of hydrogen-bond donors (Lipinski definition) is 3. The average molecular weight is 260 g/mol. The lowest BCUT2D eigenvalue weighted by molar-refractivity contribution is -0.156. The molecule has 0 saturated heterocycles. The van der Waals surface area contributed by atoms with Gasteiger partial charge in [-0.05, 0) is 11.8 Å². The smallest absolute Gasteiger partial charge is 0.331 e. The van der Waals surface area contributed by atoms with Crippen molar-refractivity contribution in [2.24, 2.45) is 17.8 Å². The van der Waals surface area contributed by atoms with Crippen LogP contribution in [-0.2, 0) is 14.4 Å². The molecule has 0 aliphatic heterocycles. The molecule has 0 heterocycles. The maximum Gasteiger partial charge on any atom is 0.331 e.